The lowest BCUT2D eigenvalue weighted by molar-refractivity contribution is -0.148. The van der Waals surface area contributed by atoms with Crippen molar-refractivity contribution in [2.24, 2.45) is 0 Å². The van der Waals surface area contributed by atoms with Gasteiger partial charge in [-0.15, -0.1) is 0 Å². The molecule has 0 bridgehead atoms. The van der Waals surface area contributed by atoms with Crippen LogP contribution in [0.25, 0.3) is 6.08 Å². The van der Waals surface area contributed by atoms with E-state index >= 15 is 0 Å². The van der Waals surface area contributed by atoms with Crippen molar-refractivity contribution < 1.29 is 23.9 Å². The Morgan fingerprint density at radius 2 is 1.89 bits per heavy atom. The summed E-state index contributed by atoms with van der Waals surface area (Å²) in [7, 11) is 2.81. The average Bonchev–Trinajstić information content (AvgIpc) is 3.00. The number of thioether (sulfide) groups is 1. The summed E-state index contributed by atoms with van der Waals surface area (Å²) in [6, 6.07) is 4.88. The van der Waals surface area contributed by atoms with Crippen LogP contribution in [0.2, 0.25) is 0 Å². The van der Waals surface area contributed by atoms with Gasteiger partial charge in [0.1, 0.15) is 11.8 Å². The maximum atomic E-state index is 12.7. The van der Waals surface area contributed by atoms with Gasteiger partial charge < -0.3 is 14.4 Å². The fourth-order valence-electron chi connectivity index (χ4n) is 3.40. The highest BCUT2D eigenvalue weighted by molar-refractivity contribution is 8.18. The van der Waals surface area contributed by atoms with Crippen LogP contribution in [-0.2, 0) is 14.3 Å². The predicted octanol–water partition coefficient (Wildman–Crippen LogP) is 3.28. The van der Waals surface area contributed by atoms with E-state index in [1.54, 1.807) is 13.2 Å². The molecule has 0 saturated carbocycles. The summed E-state index contributed by atoms with van der Waals surface area (Å²) in [5.41, 5.74) is 1.79. The van der Waals surface area contributed by atoms with E-state index in [0.717, 1.165) is 35.4 Å². The second-order valence-corrected chi connectivity index (χ2v) is 7.72. The SMILES string of the molecule is COC(=O)[C@@H](C)N1C(=O)S/C(=C/c2ccc(N3CCCCC3)cc2OC)C1=O. The van der Waals surface area contributed by atoms with Crippen LogP contribution < -0.4 is 9.64 Å². The number of carbonyl (C=O) groups is 3. The summed E-state index contributed by atoms with van der Waals surface area (Å²) >= 11 is 0.809. The average molecular weight is 404 g/mol. The van der Waals surface area contributed by atoms with Crippen LogP contribution in [0.3, 0.4) is 0 Å². The fraction of sp³-hybridized carbons (Fsp3) is 0.450. The first-order valence-corrected chi connectivity index (χ1v) is 10.1. The molecule has 2 aliphatic heterocycles. The molecule has 1 aromatic rings. The first-order chi connectivity index (χ1) is 13.5. The first-order valence-electron chi connectivity index (χ1n) is 9.24. The van der Waals surface area contributed by atoms with Crippen LogP contribution in [0, 0.1) is 0 Å². The molecule has 7 nitrogen and oxygen atoms in total. The second-order valence-electron chi connectivity index (χ2n) is 6.72. The zero-order chi connectivity index (χ0) is 20.3. The quantitative estimate of drug-likeness (QED) is 0.551. The van der Waals surface area contributed by atoms with Gasteiger partial charge in [0.05, 0.1) is 19.1 Å². The highest BCUT2D eigenvalue weighted by Crippen LogP contribution is 2.36. The van der Waals surface area contributed by atoms with Crippen LogP contribution in [0.4, 0.5) is 10.5 Å². The number of hydrogen-bond acceptors (Lipinski definition) is 7. The Kier molecular flexibility index (Phi) is 6.28. The smallest absolute Gasteiger partial charge is 0.328 e. The molecule has 3 rings (SSSR count). The number of benzene rings is 1. The van der Waals surface area contributed by atoms with Crippen molar-refractivity contribution in [3.05, 3.63) is 28.7 Å². The number of hydrogen-bond donors (Lipinski definition) is 0. The molecule has 0 radical (unpaired) electrons. The predicted molar refractivity (Wildman–Crippen MR) is 108 cm³/mol. The lowest BCUT2D eigenvalue weighted by Gasteiger charge is -2.29. The maximum Gasteiger partial charge on any atom is 0.328 e. The topological polar surface area (TPSA) is 76.2 Å². The molecule has 0 unspecified atom stereocenters. The van der Waals surface area contributed by atoms with E-state index in [9.17, 15) is 14.4 Å². The Balaban J connectivity index is 1.85. The lowest BCUT2D eigenvalue weighted by Crippen LogP contribution is -2.42. The van der Waals surface area contributed by atoms with E-state index in [1.807, 2.05) is 18.2 Å². The molecule has 1 aromatic carbocycles. The van der Waals surface area contributed by atoms with Crippen molar-refractivity contribution in [3.63, 3.8) is 0 Å². The number of ether oxygens (including phenoxy) is 2. The molecule has 2 fully saturated rings. The number of methoxy groups -OCH3 is 2. The molecule has 28 heavy (non-hydrogen) atoms. The third-order valence-corrected chi connectivity index (χ3v) is 5.86. The summed E-state index contributed by atoms with van der Waals surface area (Å²) in [6.45, 7) is 3.51. The summed E-state index contributed by atoms with van der Waals surface area (Å²) < 4.78 is 10.2. The number of piperidine rings is 1. The zero-order valence-corrected chi connectivity index (χ0v) is 17.1. The van der Waals surface area contributed by atoms with E-state index in [2.05, 4.69) is 9.64 Å². The maximum absolute atomic E-state index is 12.7. The number of amides is 2. The Labute approximate surface area is 168 Å². The minimum absolute atomic E-state index is 0.254. The highest BCUT2D eigenvalue weighted by Gasteiger charge is 2.41. The number of carbonyl (C=O) groups excluding carboxylic acids is 3. The standard InChI is InChI=1S/C20H24N2O5S/c1-13(19(24)27-3)22-18(23)17(28-20(22)25)11-14-7-8-15(12-16(14)26-2)21-9-5-4-6-10-21/h7-8,11-13H,4-6,9-10H2,1-3H3/b17-11+/t13-/m1/s1. The number of imide groups is 1. The lowest BCUT2D eigenvalue weighted by atomic mass is 10.1. The summed E-state index contributed by atoms with van der Waals surface area (Å²) in [4.78, 5) is 40.1. The van der Waals surface area contributed by atoms with Crippen LogP contribution in [-0.4, -0.2) is 55.4 Å². The van der Waals surface area contributed by atoms with Crippen LogP contribution in [0.1, 0.15) is 31.7 Å². The molecule has 1 atom stereocenters. The minimum atomic E-state index is -0.966. The van der Waals surface area contributed by atoms with Crippen molar-refractivity contribution in [2.75, 3.05) is 32.2 Å². The molecule has 150 valence electrons. The molecular formula is C20H24N2O5S. The van der Waals surface area contributed by atoms with Crippen molar-refractivity contribution in [1.29, 1.82) is 0 Å². The minimum Gasteiger partial charge on any atom is -0.496 e. The summed E-state index contributed by atoms with van der Waals surface area (Å²) in [5.74, 6) is -0.502. The van der Waals surface area contributed by atoms with Gasteiger partial charge in [-0.05, 0) is 56.2 Å². The highest BCUT2D eigenvalue weighted by atomic mass is 32.2. The van der Waals surface area contributed by atoms with Crippen molar-refractivity contribution >= 4 is 40.6 Å². The van der Waals surface area contributed by atoms with E-state index in [0.29, 0.717) is 11.3 Å². The van der Waals surface area contributed by atoms with E-state index < -0.39 is 23.2 Å². The van der Waals surface area contributed by atoms with Crippen molar-refractivity contribution in [1.82, 2.24) is 4.90 Å². The molecule has 2 aliphatic rings. The third kappa shape index (κ3) is 4.01. The molecule has 2 heterocycles. The van der Waals surface area contributed by atoms with Gasteiger partial charge in [-0.2, -0.15) is 0 Å². The van der Waals surface area contributed by atoms with Crippen LogP contribution >= 0.6 is 11.8 Å². The molecule has 2 saturated heterocycles. The fourth-order valence-corrected chi connectivity index (χ4v) is 4.30. The number of nitrogens with zero attached hydrogens (tertiary/aromatic N) is 2. The molecule has 0 N–H and O–H groups in total. The van der Waals surface area contributed by atoms with Gasteiger partial charge in [0.2, 0.25) is 0 Å². The Morgan fingerprint density at radius 3 is 2.54 bits per heavy atom. The van der Waals surface area contributed by atoms with Gasteiger partial charge >= 0.3 is 5.97 Å². The molecule has 0 aromatic heterocycles. The van der Waals surface area contributed by atoms with Crippen LogP contribution in [0.5, 0.6) is 5.75 Å². The first kappa shape index (κ1) is 20.3. The van der Waals surface area contributed by atoms with Crippen molar-refractivity contribution in [2.45, 2.75) is 32.2 Å². The van der Waals surface area contributed by atoms with Gasteiger partial charge in [0.25, 0.3) is 11.1 Å². The molecule has 0 aliphatic carbocycles. The van der Waals surface area contributed by atoms with Crippen LogP contribution in [0.15, 0.2) is 23.1 Å². The van der Waals surface area contributed by atoms with Gasteiger partial charge in [0, 0.05) is 30.4 Å². The Morgan fingerprint density at radius 1 is 1.18 bits per heavy atom. The van der Waals surface area contributed by atoms with Gasteiger partial charge in [-0.1, -0.05) is 0 Å². The molecule has 8 heteroatoms. The number of rotatable bonds is 5. The van der Waals surface area contributed by atoms with Crippen molar-refractivity contribution in [3.8, 4) is 5.75 Å². The monoisotopic (exact) mass is 404 g/mol. The largest absolute Gasteiger partial charge is 0.496 e. The molecular weight excluding hydrogens is 380 g/mol. The Bertz CT molecular complexity index is 817. The van der Waals surface area contributed by atoms with E-state index in [4.69, 9.17) is 4.74 Å². The second kappa shape index (κ2) is 8.68. The summed E-state index contributed by atoms with van der Waals surface area (Å²) in [5, 5.41) is -0.488. The zero-order valence-electron chi connectivity index (χ0n) is 16.3. The van der Waals surface area contributed by atoms with E-state index in [-0.39, 0.29) is 4.91 Å². The van der Waals surface area contributed by atoms with Gasteiger partial charge in [-0.3, -0.25) is 14.5 Å². The molecule has 0 spiro atoms. The molecule has 2 amide bonds. The van der Waals surface area contributed by atoms with Gasteiger partial charge in [0.15, 0.2) is 0 Å². The number of anilines is 1. The van der Waals surface area contributed by atoms with Gasteiger partial charge in [-0.25, -0.2) is 4.79 Å². The summed E-state index contributed by atoms with van der Waals surface area (Å²) in [6.07, 6.45) is 5.24. The normalized spacial score (nSPS) is 19.9. The Hall–Kier alpha value is -2.48. The van der Waals surface area contributed by atoms with E-state index in [1.165, 1.54) is 33.3 Å². The number of esters is 1. The third-order valence-electron chi connectivity index (χ3n) is 4.98.